The van der Waals surface area contributed by atoms with Crippen LogP contribution in [-0.4, -0.2) is 22.2 Å². The third kappa shape index (κ3) is 2.32. The minimum Gasteiger partial charge on any atom is -0.462 e. The van der Waals surface area contributed by atoms with Crippen LogP contribution in [0.1, 0.15) is 35.7 Å². The summed E-state index contributed by atoms with van der Waals surface area (Å²) >= 11 is 0. The molecule has 4 nitrogen and oxygen atoms in total. The summed E-state index contributed by atoms with van der Waals surface area (Å²) < 4.78 is 6.72. The highest BCUT2D eigenvalue weighted by Crippen LogP contribution is 2.28. The fourth-order valence-corrected chi connectivity index (χ4v) is 1.91. The van der Waals surface area contributed by atoms with Gasteiger partial charge in [-0.2, -0.15) is 5.10 Å². The number of pyridine rings is 1. The highest BCUT2D eigenvalue weighted by atomic mass is 16.5. The first-order valence-corrected chi connectivity index (χ1v) is 6.44. The van der Waals surface area contributed by atoms with E-state index in [2.05, 4.69) is 16.9 Å². The zero-order valence-electron chi connectivity index (χ0n) is 10.7. The number of esters is 1. The maximum absolute atomic E-state index is 11.9. The van der Waals surface area contributed by atoms with Crippen LogP contribution in [0, 0.1) is 17.8 Å². The van der Waals surface area contributed by atoms with Crippen molar-refractivity contribution in [2.75, 3.05) is 6.61 Å². The van der Waals surface area contributed by atoms with E-state index >= 15 is 0 Å². The quantitative estimate of drug-likeness (QED) is 0.610. The van der Waals surface area contributed by atoms with Crippen molar-refractivity contribution >= 4 is 11.5 Å². The molecule has 0 radical (unpaired) electrons. The maximum Gasteiger partial charge on any atom is 0.342 e. The third-order valence-electron chi connectivity index (χ3n) is 3.02. The minimum absolute atomic E-state index is 0.349. The molecule has 3 rings (SSSR count). The number of nitrogens with zero attached hydrogens (tertiary/aromatic N) is 2. The number of ether oxygens (including phenoxy) is 1. The molecule has 0 saturated heterocycles. The van der Waals surface area contributed by atoms with Crippen LogP contribution in [0.4, 0.5) is 0 Å². The van der Waals surface area contributed by atoms with Crippen molar-refractivity contribution in [1.29, 1.82) is 0 Å². The van der Waals surface area contributed by atoms with Crippen molar-refractivity contribution in [1.82, 2.24) is 9.61 Å². The smallest absolute Gasteiger partial charge is 0.342 e. The first-order valence-electron chi connectivity index (χ1n) is 6.44. The third-order valence-corrected chi connectivity index (χ3v) is 3.02. The molecule has 1 aliphatic carbocycles. The normalized spacial score (nSPS) is 13.9. The predicted molar refractivity (Wildman–Crippen MR) is 70.8 cm³/mol. The fourth-order valence-electron chi connectivity index (χ4n) is 1.91. The van der Waals surface area contributed by atoms with E-state index in [0.29, 0.717) is 18.1 Å². The van der Waals surface area contributed by atoms with E-state index in [9.17, 15) is 4.79 Å². The van der Waals surface area contributed by atoms with Gasteiger partial charge in [-0.1, -0.05) is 11.8 Å². The Morgan fingerprint density at radius 3 is 3.16 bits per heavy atom. The van der Waals surface area contributed by atoms with Gasteiger partial charge in [0.2, 0.25) is 0 Å². The lowest BCUT2D eigenvalue weighted by molar-refractivity contribution is 0.0528. The average Bonchev–Trinajstić information content (AvgIpc) is 3.13. The van der Waals surface area contributed by atoms with Crippen LogP contribution in [0.25, 0.3) is 5.52 Å². The Morgan fingerprint density at radius 1 is 1.58 bits per heavy atom. The van der Waals surface area contributed by atoms with Gasteiger partial charge < -0.3 is 4.74 Å². The van der Waals surface area contributed by atoms with Crippen LogP contribution < -0.4 is 0 Å². The van der Waals surface area contributed by atoms with Gasteiger partial charge in [-0.05, 0) is 31.9 Å². The summed E-state index contributed by atoms with van der Waals surface area (Å²) in [5.41, 5.74) is 2.03. The van der Waals surface area contributed by atoms with Crippen LogP contribution in [-0.2, 0) is 4.74 Å². The fraction of sp³-hybridized carbons (Fsp3) is 0.333. The molecule has 1 fully saturated rings. The highest BCUT2D eigenvalue weighted by Gasteiger charge is 2.19. The van der Waals surface area contributed by atoms with E-state index in [0.717, 1.165) is 11.1 Å². The van der Waals surface area contributed by atoms with E-state index in [1.807, 2.05) is 12.1 Å². The molecule has 0 N–H and O–H groups in total. The second kappa shape index (κ2) is 4.77. The molecule has 4 heteroatoms. The van der Waals surface area contributed by atoms with E-state index < -0.39 is 0 Å². The molecular weight excluding hydrogens is 240 g/mol. The van der Waals surface area contributed by atoms with Crippen molar-refractivity contribution < 1.29 is 9.53 Å². The molecule has 0 amide bonds. The molecule has 0 aliphatic heterocycles. The average molecular weight is 254 g/mol. The molecule has 2 heterocycles. The van der Waals surface area contributed by atoms with Crippen LogP contribution in [0.3, 0.4) is 0 Å². The second-order valence-corrected chi connectivity index (χ2v) is 4.54. The van der Waals surface area contributed by atoms with Crippen LogP contribution in [0.5, 0.6) is 0 Å². The molecule has 0 spiro atoms. The minimum atomic E-state index is -0.349. The zero-order chi connectivity index (χ0) is 13.2. The van der Waals surface area contributed by atoms with Gasteiger partial charge in [0.05, 0.1) is 23.9 Å². The van der Waals surface area contributed by atoms with Crippen molar-refractivity contribution in [2.45, 2.75) is 19.8 Å². The Labute approximate surface area is 111 Å². The number of carbonyl (C=O) groups is 1. The molecule has 2 aromatic heterocycles. The number of aromatic nitrogens is 2. The molecule has 0 unspecified atom stereocenters. The number of hydrogen-bond acceptors (Lipinski definition) is 3. The van der Waals surface area contributed by atoms with Gasteiger partial charge >= 0.3 is 5.97 Å². The molecule has 0 atom stereocenters. The Balaban J connectivity index is 2.08. The molecule has 1 aliphatic rings. The number of fused-ring (bicyclic) bond motifs is 1. The van der Waals surface area contributed by atoms with Crippen molar-refractivity contribution in [3.8, 4) is 11.8 Å². The van der Waals surface area contributed by atoms with Gasteiger partial charge in [0.25, 0.3) is 0 Å². The number of rotatable bonds is 2. The molecule has 0 bridgehead atoms. The van der Waals surface area contributed by atoms with Crippen LogP contribution in [0.2, 0.25) is 0 Å². The summed E-state index contributed by atoms with van der Waals surface area (Å²) in [6, 6.07) is 3.79. The van der Waals surface area contributed by atoms with Crippen molar-refractivity contribution in [2.24, 2.45) is 5.92 Å². The van der Waals surface area contributed by atoms with Gasteiger partial charge in [-0.25, -0.2) is 9.31 Å². The molecule has 19 heavy (non-hydrogen) atoms. The maximum atomic E-state index is 11.9. The summed E-state index contributed by atoms with van der Waals surface area (Å²) in [6.45, 7) is 2.14. The van der Waals surface area contributed by atoms with Gasteiger partial charge in [0.1, 0.15) is 5.56 Å². The number of carbonyl (C=O) groups excluding carboxylic acids is 1. The summed E-state index contributed by atoms with van der Waals surface area (Å²) in [5.74, 6) is 6.54. The van der Waals surface area contributed by atoms with Gasteiger partial charge in [0, 0.05) is 12.1 Å². The van der Waals surface area contributed by atoms with Crippen LogP contribution in [0.15, 0.2) is 24.5 Å². The predicted octanol–water partition coefficient (Wildman–Crippen LogP) is 2.27. The van der Waals surface area contributed by atoms with E-state index in [4.69, 9.17) is 4.74 Å². The Bertz CT molecular complexity index is 687. The van der Waals surface area contributed by atoms with Gasteiger partial charge in [-0.3, -0.25) is 0 Å². The second-order valence-electron chi connectivity index (χ2n) is 4.54. The standard InChI is InChI=1S/C15H14N2O2/c1-2-19-15(18)13-10-16-17-9-3-4-12(14(13)17)8-7-11-5-6-11/h3-4,9-11H,2,5-6H2,1H3. The summed E-state index contributed by atoms with van der Waals surface area (Å²) in [4.78, 5) is 11.9. The highest BCUT2D eigenvalue weighted by molar-refractivity contribution is 5.98. The van der Waals surface area contributed by atoms with Crippen molar-refractivity contribution in [3.63, 3.8) is 0 Å². The lowest BCUT2D eigenvalue weighted by atomic mass is 10.1. The largest absolute Gasteiger partial charge is 0.462 e. The van der Waals surface area contributed by atoms with Gasteiger partial charge in [-0.15, -0.1) is 0 Å². The van der Waals surface area contributed by atoms with E-state index in [1.54, 1.807) is 17.6 Å². The molecule has 2 aromatic rings. The summed E-state index contributed by atoms with van der Waals surface area (Å²) in [6.07, 6.45) is 5.70. The summed E-state index contributed by atoms with van der Waals surface area (Å²) in [5, 5.41) is 4.17. The Kier molecular flexibility index (Phi) is 2.96. The topological polar surface area (TPSA) is 43.6 Å². The lowest BCUT2D eigenvalue weighted by Crippen LogP contribution is -2.04. The molecule has 96 valence electrons. The Morgan fingerprint density at radius 2 is 2.42 bits per heavy atom. The lowest BCUT2D eigenvalue weighted by Gasteiger charge is -2.01. The zero-order valence-corrected chi connectivity index (χ0v) is 10.7. The first kappa shape index (κ1) is 11.8. The Hall–Kier alpha value is -2.28. The molecule has 1 saturated carbocycles. The van der Waals surface area contributed by atoms with Crippen molar-refractivity contribution in [3.05, 3.63) is 35.7 Å². The van der Waals surface area contributed by atoms with Gasteiger partial charge in [0.15, 0.2) is 0 Å². The molecule has 0 aromatic carbocycles. The summed E-state index contributed by atoms with van der Waals surface area (Å²) in [7, 11) is 0. The van der Waals surface area contributed by atoms with Crippen LogP contribution >= 0.6 is 0 Å². The SMILES string of the molecule is CCOC(=O)c1cnn2cccc(C#CC3CC3)c12. The number of hydrogen-bond donors (Lipinski definition) is 0. The molecular formula is C15H14N2O2. The van der Waals surface area contributed by atoms with E-state index in [-0.39, 0.29) is 5.97 Å². The monoisotopic (exact) mass is 254 g/mol. The first-order chi connectivity index (χ1) is 9.29. The van der Waals surface area contributed by atoms with E-state index in [1.165, 1.54) is 19.0 Å².